The highest BCUT2D eigenvalue weighted by atomic mass is 35.5. The zero-order chi connectivity index (χ0) is 17.8. The summed E-state index contributed by atoms with van der Waals surface area (Å²) in [6.45, 7) is 0.798. The fraction of sp³-hybridized carbons (Fsp3) is 0.211. The van der Waals surface area contributed by atoms with Crippen LogP contribution in [0.15, 0.2) is 64.8 Å². The van der Waals surface area contributed by atoms with Gasteiger partial charge in [-0.2, -0.15) is 0 Å². The van der Waals surface area contributed by atoms with Crippen LogP contribution in [0.3, 0.4) is 0 Å². The molecule has 0 unspecified atom stereocenters. The molecule has 7 heteroatoms. The molecule has 4 nitrogen and oxygen atoms in total. The standard InChI is InChI=1S/C19H17ClN4S2/c20-15-8-6-14(7-9-15)13-26-19-23-22-18(17-5-1-2-10-21-17)24(19)12-16-4-3-11-25-16/h1-2,4-10H,3,11-13H2. The van der Waals surface area contributed by atoms with Crippen LogP contribution in [-0.2, 0) is 12.3 Å². The summed E-state index contributed by atoms with van der Waals surface area (Å²) < 4.78 is 2.17. The number of allylic oxidation sites excluding steroid dienone is 2. The van der Waals surface area contributed by atoms with E-state index in [4.69, 9.17) is 11.6 Å². The predicted octanol–water partition coefficient (Wildman–Crippen LogP) is 5.31. The van der Waals surface area contributed by atoms with E-state index in [0.717, 1.165) is 46.2 Å². The van der Waals surface area contributed by atoms with Crippen molar-refractivity contribution < 1.29 is 0 Å². The maximum absolute atomic E-state index is 5.97. The van der Waals surface area contributed by atoms with Crippen LogP contribution in [-0.4, -0.2) is 25.5 Å². The molecule has 0 amide bonds. The highest BCUT2D eigenvalue weighted by Crippen LogP contribution is 2.31. The Morgan fingerprint density at radius 2 is 2.00 bits per heavy atom. The average Bonchev–Trinajstić information content (AvgIpc) is 3.33. The second-order valence-electron chi connectivity index (χ2n) is 5.83. The van der Waals surface area contributed by atoms with Gasteiger partial charge in [-0.3, -0.25) is 9.55 Å². The van der Waals surface area contributed by atoms with Gasteiger partial charge in [-0.15, -0.1) is 22.0 Å². The average molecular weight is 401 g/mol. The van der Waals surface area contributed by atoms with E-state index < -0.39 is 0 Å². The largest absolute Gasteiger partial charge is 0.296 e. The minimum atomic E-state index is 0.754. The van der Waals surface area contributed by atoms with Gasteiger partial charge < -0.3 is 0 Å². The number of thioether (sulfide) groups is 2. The smallest absolute Gasteiger partial charge is 0.192 e. The van der Waals surface area contributed by atoms with Crippen molar-refractivity contribution in [3.8, 4) is 11.5 Å². The number of pyridine rings is 1. The number of rotatable bonds is 6. The molecule has 3 heterocycles. The van der Waals surface area contributed by atoms with Crippen molar-refractivity contribution >= 4 is 35.1 Å². The zero-order valence-corrected chi connectivity index (χ0v) is 16.4. The Kier molecular flexibility index (Phi) is 5.62. The van der Waals surface area contributed by atoms with E-state index in [-0.39, 0.29) is 0 Å². The first-order chi connectivity index (χ1) is 12.8. The lowest BCUT2D eigenvalue weighted by molar-refractivity contribution is 0.722. The van der Waals surface area contributed by atoms with E-state index in [2.05, 4.69) is 25.8 Å². The van der Waals surface area contributed by atoms with Gasteiger partial charge in [0.2, 0.25) is 0 Å². The Balaban J connectivity index is 1.60. The van der Waals surface area contributed by atoms with Crippen molar-refractivity contribution in [2.24, 2.45) is 0 Å². The molecule has 4 rings (SSSR count). The summed E-state index contributed by atoms with van der Waals surface area (Å²) in [7, 11) is 0. The molecule has 26 heavy (non-hydrogen) atoms. The van der Waals surface area contributed by atoms with Gasteiger partial charge in [-0.1, -0.05) is 47.6 Å². The monoisotopic (exact) mass is 400 g/mol. The van der Waals surface area contributed by atoms with E-state index in [1.807, 2.05) is 54.2 Å². The third kappa shape index (κ3) is 4.14. The molecule has 1 aromatic carbocycles. The molecule has 0 spiro atoms. The van der Waals surface area contributed by atoms with Crippen LogP contribution >= 0.6 is 35.1 Å². The maximum atomic E-state index is 5.97. The Morgan fingerprint density at radius 3 is 2.73 bits per heavy atom. The van der Waals surface area contributed by atoms with Crippen LogP contribution in [0.5, 0.6) is 0 Å². The number of hydrogen-bond donors (Lipinski definition) is 0. The highest BCUT2D eigenvalue weighted by molar-refractivity contribution is 8.03. The van der Waals surface area contributed by atoms with Crippen molar-refractivity contribution in [1.82, 2.24) is 19.7 Å². The first-order valence-corrected chi connectivity index (χ1v) is 10.7. The number of halogens is 1. The van der Waals surface area contributed by atoms with Gasteiger partial charge >= 0.3 is 0 Å². The first kappa shape index (κ1) is 17.6. The minimum absolute atomic E-state index is 0.754. The molecule has 0 aliphatic carbocycles. The lowest BCUT2D eigenvalue weighted by Gasteiger charge is -2.10. The Bertz CT molecular complexity index is 907. The van der Waals surface area contributed by atoms with E-state index in [0.29, 0.717) is 0 Å². The van der Waals surface area contributed by atoms with E-state index in [1.165, 1.54) is 10.5 Å². The highest BCUT2D eigenvalue weighted by Gasteiger charge is 2.17. The molecule has 0 radical (unpaired) electrons. The minimum Gasteiger partial charge on any atom is -0.296 e. The van der Waals surface area contributed by atoms with Gasteiger partial charge in [0, 0.05) is 27.6 Å². The second kappa shape index (κ2) is 8.29. The fourth-order valence-corrected chi connectivity index (χ4v) is 4.66. The molecule has 0 saturated heterocycles. The predicted molar refractivity (Wildman–Crippen MR) is 109 cm³/mol. The molecule has 0 N–H and O–H groups in total. The van der Waals surface area contributed by atoms with Crippen molar-refractivity contribution in [2.75, 3.05) is 5.75 Å². The van der Waals surface area contributed by atoms with Gasteiger partial charge in [-0.05, 0) is 36.2 Å². The Labute approximate surface area is 166 Å². The van der Waals surface area contributed by atoms with Crippen molar-refractivity contribution in [3.05, 3.63) is 70.2 Å². The summed E-state index contributed by atoms with van der Waals surface area (Å²) in [6, 6.07) is 13.8. The molecule has 0 atom stereocenters. The molecule has 3 aromatic rings. The molecule has 0 bridgehead atoms. The normalized spacial score (nSPS) is 13.8. The third-order valence-electron chi connectivity index (χ3n) is 3.98. The topological polar surface area (TPSA) is 43.6 Å². The zero-order valence-electron chi connectivity index (χ0n) is 14.0. The van der Waals surface area contributed by atoms with Crippen LogP contribution in [0.25, 0.3) is 11.5 Å². The van der Waals surface area contributed by atoms with Gasteiger partial charge in [0.05, 0.1) is 6.54 Å². The maximum Gasteiger partial charge on any atom is 0.192 e. The lowest BCUT2D eigenvalue weighted by atomic mass is 10.2. The SMILES string of the molecule is Clc1ccc(CSc2nnc(-c3ccccn3)n2CC2=CCCS2)cc1. The van der Waals surface area contributed by atoms with Crippen LogP contribution in [0.2, 0.25) is 5.02 Å². The summed E-state index contributed by atoms with van der Waals surface area (Å²) in [5.74, 6) is 2.80. The number of benzene rings is 1. The second-order valence-corrected chi connectivity index (χ2v) is 8.43. The molecule has 2 aromatic heterocycles. The number of aromatic nitrogens is 4. The first-order valence-electron chi connectivity index (χ1n) is 8.33. The summed E-state index contributed by atoms with van der Waals surface area (Å²) in [4.78, 5) is 5.82. The van der Waals surface area contributed by atoms with Crippen molar-refractivity contribution in [1.29, 1.82) is 0 Å². The molecule has 132 valence electrons. The molecular weight excluding hydrogens is 384 g/mol. The summed E-state index contributed by atoms with van der Waals surface area (Å²) >= 11 is 9.57. The van der Waals surface area contributed by atoms with E-state index >= 15 is 0 Å². The van der Waals surface area contributed by atoms with E-state index in [1.54, 1.807) is 18.0 Å². The molecule has 1 aliphatic heterocycles. The van der Waals surface area contributed by atoms with Crippen molar-refractivity contribution in [2.45, 2.75) is 23.9 Å². The quantitative estimate of drug-likeness (QED) is 0.525. The lowest BCUT2D eigenvalue weighted by Crippen LogP contribution is -2.04. The number of nitrogens with zero attached hydrogens (tertiary/aromatic N) is 4. The Hall–Kier alpha value is -1.76. The summed E-state index contributed by atoms with van der Waals surface area (Å²) in [6.07, 6.45) is 5.23. The van der Waals surface area contributed by atoms with Crippen LogP contribution in [0.4, 0.5) is 0 Å². The molecule has 1 aliphatic rings. The van der Waals surface area contributed by atoms with Crippen LogP contribution in [0, 0.1) is 0 Å². The van der Waals surface area contributed by atoms with Gasteiger partial charge in [0.1, 0.15) is 5.69 Å². The third-order valence-corrected chi connectivity index (χ3v) is 6.38. The van der Waals surface area contributed by atoms with Gasteiger partial charge in [0.25, 0.3) is 0 Å². The van der Waals surface area contributed by atoms with Crippen LogP contribution in [0.1, 0.15) is 12.0 Å². The van der Waals surface area contributed by atoms with Gasteiger partial charge in [0.15, 0.2) is 11.0 Å². The Morgan fingerprint density at radius 1 is 1.12 bits per heavy atom. The summed E-state index contributed by atoms with van der Waals surface area (Å²) in [5.41, 5.74) is 2.06. The van der Waals surface area contributed by atoms with Crippen molar-refractivity contribution in [3.63, 3.8) is 0 Å². The number of hydrogen-bond acceptors (Lipinski definition) is 5. The van der Waals surface area contributed by atoms with Gasteiger partial charge in [-0.25, -0.2) is 0 Å². The fourth-order valence-electron chi connectivity index (χ4n) is 2.69. The molecule has 0 fully saturated rings. The van der Waals surface area contributed by atoms with Crippen LogP contribution < -0.4 is 0 Å². The van der Waals surface area contributed by atoms with E-state index in [9.17, 15) is 0 Å². The molecule has 0 saturated carbocycles. The summed E-state index contributed by atoms with van der Waals surface area (Å²) in [5, 5.41) is 10.5. The molecular formula is C19H17ClN4S2.